The Morgan fingerprint density at radius 1 is 1.22 bits per heavy atom. The summed E-state index contributed by atoms with van der Waals surface area (Å²) in [6.07, 6.45) is 2.10. The minimum absolute atomic E-state index is 0. The van der Waals surface area contributed by atoms with E-state index >= 15 is 0 Å². The van der Waals surface area contributed by atoms with E-state index in [1.807, 2.05) is 0 Å². The molecule has 1 aromatic carbocycles. The van der Waals surface area contributed by atoms with Crippen LogP contribution in [0.2, 0.25) is 0 Å². The third kappa shape index (κ3) is 6.37. The quantitative estimate of drug-likeness (QED) is 0.536. The number of carbonyl (C=O) groups is 1. The Bertz CT molecular complexity index is 489. The number of rotatable bonds is 8. The molecule has 0 N–H and O–H groups in total. The van der Waals surface area contributed by atoms with E-state index in [1.54, 1.807) is 32.2 Å². The first-order valence-corrected chi connectivity index (χ1v) is 7.82. The van der Waals surface area contributed by atoms with Crippen molar-refractivity contribution >= 4 is 18.2 Å². The van der Waals surface area contributed by atoms with Gasteiger partial charge in [0.05, 0.1) is 26.9 Å². The normalized spacial score (nSPS) is 14.9. The average molecular weight is 344 g/mol. The SMILES string of the molecule is COc1cc(C(C)=O)ccc1OCCCCN1CCOCC1.Cl. The third-order valence-electron chi connectivity index (χ3n) is 3.80. The van der Waals surface area contributed by atoms with Crippen molar-refractivity contribution in [2.24, 2.45) is 0 Å². The van der Waals surface area contributed by atoms with Crippen LogP contribution in [-0.4, -0.2) is 57.2 Å². The van der Waals surface area contributed by atoms with Gasteiger partial charge in [-0.05, 0) is 44.5 Å². The van der Waals surface area contributed by atoms with E-state index < -0.39 is 0 Å². The minimum Gasteiger partial charge on any atom is -0.493 e. The standard InChI is InChI=1S/C17H25NO4.ClH/c1-14(19)15-5-6-16(17(13-15)20-2)22-10-4-3-7-18-8-11-21-12-9-18;/h5-6,13H,3-4,7-12H2,1-2H3;1H. The number of ketones is 1. The van der Waals surface area contributed by atoms with Gasteiger partial charge in [0.25, 0.3) is 0 Å². The number of benzene rings is 1. The first-order chi connectivity index (χ1) is 10.7. The summed E-state index contributed by atoms with van der Waals surface area (Å²) in [4.78, 5) is 13.8. The maximum atomic E-state index is 11.4. The molecule has 130 valence electrons. The molecule has 1 aromatic rings. The molecule has 1 heterocycles. The molecule has 1 saturated heterocycles. The number of carbonyl (C=O) groups excluding carboxylic acids is 1. The lowest BCUT2D eigenvalue weighted by Crippen LogP contribution is -2.36. The number of ether oxygens (including phenoxy) is 3. The second-order valence-corrected chi connectivity index (χ2v) is 5.43. The molecule has 1 aliphatic rings. The van der Waals surface area contributed by atoms with E-state index in [0.717, 1.165) is 45.7 Å². The van der Waals surface area contributed by atoms with E-state index in [0.29, 0.717) is 23.7 Å². The maximum Gasteiger partial charge on any atom is 0.161 e. The van der Waals surface area contributed by atoms with Gasteiger partial charge in [0.1, 0.15) is 0 Å². The van der Waals surface area contributed by atoms with Crippen molar-refractivity contribution in [2.75, 3.05) is 46.6 Å². The van der Waals surface area contributed by atoms with Gasteiger partial charge in [-0.1, -0.05) is 0 Å². The molecular formula is C17H26ClNO4. The van der Waals surface area contributed by atoms with Crippen molar-refractivity contribution in [2.45, 2.75) is 19.8 Å². The number of nitrogens with zero attached hydrogens (tertiary/aromatic N) is 1. The number of morpholine rings is 1. The summed E-state index contributed by atoms with van der Waals surface area (Å²) in [6.45, 7) is 7.03. The highest BCUT2D eigenvalue weighted by Crippen LogP contribution is 2.28. The Morgan fingerprint density at radius 2 is 1.96 bits per heavy atom. The van der Waals surface area contributed by atoms with Crippen molar-refractivity contribution in [3.05, 3.63) is 23.8 Å². The Balaban J connectivity index is 0.00000264. The third-order valence-corrected chi connectivity index (χ3v) is 3.80. The van der Waals surface area contributed by atoms with Crippen LogP contribution in [0.15, 0.2) is 18.2 Å². The van der Waals surface area contributed by atoms with Crippen LogP contribution in [0.3, 0.4) is 0 Å². The number of hydrogen-bond acceptors (Lipinski definition) is 5. The molecule has 0 unspecified atom stereocenters. The molecular weight excluding hydrogens is 318 g/mol. The van der Waals surface area contributed by atoms with Gasteiger partial charge in [0, 0.05) is 18.7 Å². The van der Waals surface area contributed by atoms with Gasteiger partial charge in [-0.3, -0.25) is 9.69 Å². The van der Waals surface area contributed by atoms with Gasteiger partial charge < -0.3 is 14.2 Å². The lowest BCUT2D eigenvalue weighted by atomic mass is 10.1. The van der Waals surface area contributed by atoms with E-state index in [4.69, 9.17) is 14.2 Å². The first-order valence-electron chi connectivity index (χ1n) is 7.82. The van der Waals surface area contributed by atoms with Crippen molar-refractivity contribution in [3.63, 3.8) is 0 Å². The van der Waals surface area contributed by atoms with Crippen LogP contribution in [0.4, 0.5) is 0 Å². The van der Waals surface area contributed by atoms with E-state index in [1.165, 1.54) is 0 Å². The number of halogens is 1. The highest BCUT2D eigenvalue weighted by Gasteiger charge is 2.10. The van der Waals surface area contributed by atoms with Crippen LogP contribution in [0.1, 0.15) is 30.1 Å². The average Bonchev–Trinajstić information content (AvgIpc) is 2.55. The molecule has 0 aliphatic carbocycles. The highest BCUT2D eigenvalue weighted by atomic mass is 35.5. The zero-order chi connectivity index (χ0) is 15.8. The molecule has 5 nitrogen and oxygen atoms in total. The number of unbranched alkanes of at least 4 members (excludes halogenated alkanes) is 1. The summed E-state index contributed by atoms with van der Waals surface area (Å²) in [6, 6.07) is 5.30. The van der Waals surface area contributed by atoms with Gasteiger partial charge >= 0.3 is 0 Å². The Kier molecular flexibility index (Phi) is 8.99. The molecule has 23 heavy (non-hydrogen) atoms. The molecule has 0 spiro atoms. The largest absolute Gasteiger partial charge is 0.493 e. The van der Waals surface area contributed by atoms with Crippen molar-refractivity contribution in [1.29, 1.82) is 0 Å². The molecule has 0 aromatic heterocycles. The summed E-state index contributed by atoms with van der Waals surface area (Å²) in [5.74, 6) is 1.33. The number of hydrogen-bond donors (Lipinski definition) is 0. The van der Waals surface area contributed by atoms with Crippen LogP contribution in [0.25, 0.3) is 0 Å². The Hall–Kier alpha value is -1.30. The fourth-order valence-electron chi connectivity index (χ4n) is 2.45. The molecule has 6 heteroatoms. The lowest BCUT2D eigenvalue weighted by Gasteiger charge is -2.26. The smallest absolute Gasteiger partial charge is 0.161 e. The van der Waals surface area contributed by atoms with Crippen LogP contribution in [0, 0.1) is 0 Å². The molecule has 0 amide bonds. The summed E-state index contributed by atoms with van der Waals surface area (Å²) >= 11 is 0. The summed E-state index contributed by atoms with van der Waals surface area (Å²) in [5, 5.41) is 0. The molecule has 0 radical (unpaired) electrons. The monoisotopic (exact) mass is 343 g/mol. The highest BCUT2D eigenvalue weighted by molar-refractivity contribution is 5.94. The Labute approximate surface area is 144 Å². The van der Waals surface area contributed by atoms with Crippen molar-refractivity contribution in [1.82, 2.24) is 4.90 Å². The molecule has 0 atom stereocenters. The Morgan fingerprint density at radius 3 is 2.61 bits per heavy atom. The van der Waals surface area contributed by atoms with Crippen molar-refractivity contribution < 1.29 is 19.0 Å². The second kappa shape index (κ2) is 10.5. The second-order valence-electron chi connectivity index (χ2n) is 5.43. The number of methoxy groups -OCH3 is 1. The van der Waals surface area contributed by atoms with Gasteiger partial charge in [-0.25, -0.2) is 0 Å². The van der Waals surface area contributed by atoms with Gasteiger partial charge in [-0.2, -0.15) is 0 Å². The van der Waals surface area contributed by atoms with Crippen LogP contribution in [0.5, 0.6) is 11.5 Å². The van der Waals surface area contributed by atoms with E-state index in [9.17, 15) is 4.79 Å². The fraction of sp³-hybridized carbons (Fsp3) is 0.588. The molecule has 2 rings (SSSR count). The number of Topliss-reactive ketones (excluding diaryl/α,β-unsaturated/α-hetero) is 1. The van der Waals surface area contributed by atoms with Gasteiger partial charge in [0.2, 0.25) is 0 Å². The molecule has 1 fully saturated rings. The summed E-state index contributed by atoms with van der Waals surface area (Å²) in [7, 11) is 1.59. The zero-order valence-electron chi connectivity index (χ0n) is 13.9. The van der Waals surface area contributed by atoms with Crippen LogP contribution >= 0.6 is 12.4 Å². The summed E-state index contributed by atoms with van der Waals surface area (Å²) < 4.78 is 16.4. The van der Waals surface area contributed by atoms with Crippen LogP contribution in [-0.2, 0) is 4.74 Å². The molecule has 1 aliphatic heterocycles. The lowest BCUT2D eigenvalue weighted by molar-refractivity contribution is 0.0368. The summed E-state index contributed by atoms with van der Waals surface area (Å²) in [5.41, 5.74) is 0.636. The maximum absolute atomic E-state index is 11.4. The van der Waals surface area contributed by atoms with Crippen LogP contribution < -0.4 is 9.47 Å². The fourth-order valence-corrected chi connectivity index (χ4v) is 2.45. The predicted octanol–water partition coefficient (Wildman–Crippen LogP) is 2.81. The first kappa shape index (κ1) is 19.7. The van der Waals surface area contributed by atoms with Gasteiger partial charge in [0.15, 0.2) is 17.3 Å². The van der Waals surface area contributed by atoms with Gasteiger partial charge in [-0.15, -0.1) is 12.4 Å². The topological polar surface area (TPSA) is 48.0 Å². The minimum atomic E-state index is 0. The zero-order valence-corrected chi connectivity index (χ0v) is 14.7. The molecule has 0 saturated carbocycles. The van der Waals surface area contributed by atoms with E-state index in [-0.39, 0.29) is 18.2 Å². The van der Waals surface area contributed by atoms with E-state index in [2.05, 4.69) is 4.90 Å². The predicted molar refractivity (Wildman–Crippen MR) is 92.2 cm³/mol. The van der Waals surface area contributed by atoms with Crippen molar-refractivity contribution in [3.8, 4) is 11.5 Å². The molecule has 0 bridgehead atoms.